The molecule has 1 aromatic rings. The lowest BCUT2D eigenvalue weighted by Crippen LogP contribution is -2.39. The van der Waals surface area contributed by atoms with E-state index >= 15 is 0 Å². The van der Waals surface area contributed by atoms with Crippen LogP contribution in [0.2, 0.25) is 0 Å². The lowest BCUT2D eigenvalue weighted by Gasteiger charge is -2.36. The van der Waals surface area contributed by atoms with Gasteiger partial charge in [0.05, 0.1) is 22.0 Å². The number of methoxy groups -OCH3 is 1. The fraction of sp³-hybridized carbons (Fsp3) is 0.769. The number of hydrogen-bond acceptors (Lipinski definition) is 3. The van der Waals surface area contributed by atoms with Gasteiger partial charge >= 0.3 is 0 Å². The van der Waals surface area contributed by atoms with Crippen molar-refractivity contribution in [2.24, 2.45) is 7.05 Å². The first-order chi connectivity index (χ1) is 8.60. The van der Waals surface area contributed by atoms with Gasteiger partial charge in [-0.2, -0.15) is 5.10 Å². The summed E-state index contributed by atoms with van der Waals surface area (Å²) >= 11 is 3.46. The Morgan fingerprint density at radius 3 is 2.44 bits per heavy atom. The minimum absolute atomic E-state index is 0.465. The zero-order chi connectivity index (χ0) is 13.2. The number of hydrogen-bond donors (Lipinski definition) is 1. The average Bonchev–Trinajstić information content (AvgIpc) is 2.59. The predicted molar refractivity (Wildman–Crippen MR) is 73.3 cm³/mol. The number of nitrogens with zero attached hydrogens (tertiary/aromatic N) is 2. The van der Waals surface area contributed by atoms with Crippen LogP contribution in [0.1, 0.15) is 50.3 Å². The van der Waals surface area contributed by atoms with Crippen molar-refractivity contribution in [1.29, 1.82) is 0 Å². The number of aliphatic hydroxyl groups excluding tert-OH is 1. The van der Waals surface area contributed by atoms with Gasteiger partial charge < -0.3 is 9.84 Å². The monoisotopic (exact) mass is 316 g/mol. The molecule has 0 radical (unpaired) electrons. The molecule has 18 heavy (non-hydrogen) atoms. The molecule has 5 heteroatoms. The topological polar surface area (TPSA) is 47.3 Å². The highest BCUT2D eigenvalue weighted by molar-refractivity contribution is 9.10. The maximum absolute atomic E-state index is 10.8. The van der Waals surface area contributed by atoms with E-state index in [1.165, 1.54) is 12.8 Å². The number of aliphatic hydroxyl groups is 1. The van der Waals surface area contributed by atoms with Crippen LogP contribution >= 0.6 is 15.9 Å². The van der Waals surface area contributed by atoms with E-state index in [1.807, 2.05) is 7.05 Å². The third kappa shape index (κ3) is 2.49. The summed E-state index contributed by atoms with van der Waals surface area (Å²) in [5.41, 5.74) is 0.339. The van der Waals surface area contributed by atoms with Gasteiger partial charge in [0.15, 0.2) is 0 Å². The minimum Gasteiger partial charge on any atom is -0.384 e. The van der Waals surface area contributed by atoms with Crippen molar-refractivity contribution in [3.8, 4) is 0 Å². The molecule has 0 aliphatic heterocycles. The Morgan fingerprint density at radius 1 is 1.39 bits per heavy atom. The maximum Gasteiger partial charge on any atom is 0.126 e. The van der Waals surface area contributed by atoms with Crippen LogP contribution < -0.4 is 0 Å². The first-order valence-electron chi connectivity index (χ1n) is 6.51. The number of ether oxygens (including phenoxy) is 1. The molecular formula is C13H21BrN2O2. The van der Waals surface area contributed by atoms with E-state index < -0.39 is 11.7 Å². The Morgan fingerprint density at radius 2 is 2.00 bits per heavy atom. The maximum atomic E-state index is 10.8. The third-order valence-corrected chi connectivity index (χ3v) is 4.66. The highest BCUT2D eigenvalue weighted by atomic mass is 79.9. The van der Waals surface area contributed by atoms with E-state index in [9.17, 15) is 5.11 Å². The SMILES string of the molecule is COC1(C(O)c2c(Br)cnn2C)CCCCCC1. The first-order valence-corrected chi connectivity index (χ1v) is 7.30. The summed E-state index contributed by atoms with van der Waals surface area (Å²) in [5, 5.41) is 14.9. The summed E-state index contributed by atoms with van der Waals surface area (Å²) < 4.78 is 8.31. The molecule has 0 aromatic carbocycles. The fourth-order valence-electron chi connectivity index (χ4n) is 2.89. The van der Waals surface area contributed by atoms with E-state index in [-0.39, 0.29) is 0 Å². The molecule has 0 amide bonds. The van der Waals surface area contributed by atoms with Crippen molar-refractivity contribution in [1.82, 2.24) is 9.78 Å². The number of rotatable bonds is 3. The van der Waals surface area contributed by atoms with Crippen LogP contribution in [0.15, 0.2) is 10.7 Å². The summed E-state index contributed by atoms with van der Waals surface area (Å²) in [6.45, 7) is 0. The number of aryl methyl sites for hydroxylation is 1. The quantitative estimate of drug-likeness (QED) is 0.872. The standard InChI is InChI=1S/C13H21BrN2O2/c1-16-11(10(14)9-15-16)12(17)13(18-2)7-5-3-4-6-8-13/h9,12,17H,3-8H2,1-2H3. The molecule has 1 aliphatic carbocycles. The van der Waals surface area contributed by atoms with Crippen LogP contribution in [0.25, 0.3) is 0 Å². The van der Waals surface area contributed by atoms with E-state index in [2.05, 4.69) is 21.0 Å². The van der Waals surface area contributed by atoms with Gasteiger partial charge in [-0.05, 0) is 28.8 Å². The molecule has 1 aromatic heterocycles. The summed E-state index contributed by atoms with van der Waals surface area (Å²) in [5.74, 6) is 0. The zero-order valence-electron chi connectivity index (χ0n) is 11.0. The van der Waals surface area contributed by atoms with Gasteiger partial charge in [0, 0.05) is 14.2 Å². The molecule has 4 nitrogen and oxygen atoms in total. The van der Waals surface area contributed by atoms with Crippen molar-refractivity contribution in [3.05, 3.63) is 16.4 Å². The van der Waals surface area contributed by atoms with Gasteiger partial charge in [0.1, 0.15) is 6.10 Å². The van der Waals surface area contributed by atoms with Crippen LogP contribution in [0.5, 0.6) is 0 Å². The molecule has 1 saturated carbocycles. The second-order valence-corrected chi connectivity index (χ2v) is 5.94. The lowest BCUT2D eigenvalue weighted by atomic mass is 9.86. The largest absolute Gasteiger partial charge is 0.384 e. The van der Waals surface area contributed by atoms with Gasteiger partial charge in [-0.1, -0.05) is 25.7 Å². The Bertz CT molecular complexity index is 378. The van der Waals surface area contributed by atoms with Gasteiger partial charge in [0.2, 0.25) is 0 Å². The van der Waals surface area contributed by atoms with Crippen molar-refractivity contribution < 1.29 is 9.84 Å². The van der Waals surface area contributed by atoms with Crippen LogP contribution in [-0.2, 0) is 11.8 Å². The average molecular weight is 317 g/mol. The summed E-state index contributed by atoms with van der Waals surface area (Å²) in [6, 6.07) is 0. The normalized spacial score (nSPS) is 21.6. The second kappa shape index (κ2) is 5.72. The van der Waals surface area contributed by atoms with Gasteiger partial charge in [-0.25, -0.2) is 0 Å². The molecule has 1 heterocycles. The van der Waals surface area contributed by atoms with Crippen LogP contribution in [-0.4, -0.2) is 27.6 Å². The van der Waals surface area contributed by atoms with Crippen molar-refractivity contribution >= 4 is 15.9 Å². The summed E-state index contributed by atoms with van der Waals surface area (Å²) in [6.07, 6.45) is 7.57. The first kappa shape index (κ1) is 14.0. The van der Waals surface area contributed by atoms with Gasteiger partial charge in [-0.3, -0.25) is 4.68 Å². The van der Waals surface area contributed by atoms with E-state index in [1.54, 1.807) is 18.0 Å². The van der Waals surface area contributed by atoms with E-state index in [0.717, 1.165) is 35.8 Å². The molecule has 102 valence electrons. The Labute approximate surface area is 116 Å². The highest BCUT2D eigenvalue weighted by Gasteiger charge is 2.41. The van der Waals surface area contributed by atoms with Gasteiger partial charge in [-0.15, -0.1) is 0 Å². The Hall–Kier alpha value is -0.390. The molecule has 0 saturated heterocycles. The van der Waals surface area contributed by atoms with Crippen LogP contribution in [0.3, 0.4) is 0 Å². The molecule has 2 rings (SSSR count). The third-order valence-electron chi connectivity index (χ3n) is 4.05. The molecule has 1 atom stereocenters. The van der Waals surface area contributed by atoms with E-state index in [4.69, 9.17) is 4.74 Å². The summed E-state index contributed by atoms with van der Waals surface area (Å²) in [4.78, 5) is 0. The van der Waals surface area contributed by atoms with Gasteiger partial charge in [0.25, 0.3) is 0 Å². The molecule has 1 N–H and O–H groups in total. The number of halogens is 1. The second-order valence-electron chi connectivity index (χ2n) is 5.09. The molecule has 0 bridgehead atoms. The number of aromatic nitrogens is 2. The highest BCUT2D eigenvalue weighted by Crippen LogP contribution is 2.41. The molecule has 0 spiro atoms. The van der Waals surface area contributed by atoms with Crippen molar-refractivity contribution in [2.75, 3.05) is 7.11 Å². The smallest absolute Gasteiger partial charge is 0.126 e. The predicted octanol–water partition coefficient (Wildman–Crippen LogP) is 2.96. The molecule has 1 fully saturated rings. The fourth-order valence-corrected chi connectivity index (χ4v) is 3.46. The van der Waals surface area contributed by atoms with Crippen LogP contribution in [0.4, 0.5) is 0 Å². The van der Waals surface area contributed by atoms with Crippen molar-refractivity contribution in [2.45, 2.75) is 50.2 Å². The Kier molecular flexibility index (Phi) is 4.45. The minimum atomic E-state index is -0.637. The molecule has 1 unspecified atom stereocenters. The van der Waals surface area contributed by atoms with Crippen LogP contribution in [0, 0.1) is 0 Å². The summed E-state index contributed by atoms with van der Waals surface area (Å²) in [7, 11) is 3.56. The Balaban J connectivity index is 2.31. The zero-order valence-corrected chi connectivity index (χ0v) is 12.6. The van der Waals surface area contributed by atoms with Crippen molar-refractivity contribution in [3.63, 3.8) is 0 Å². The molecular weight excluding hydrogens is 296 g/mol. The van der Waals surface area contributed by atoms with E-state index in [0.29, 0.717) is 0 Å². The molecule has 1 aliphatic rings. The lowest BCUT2D eigenvalue weighted by molar-refractivity contribution is -0.117.